The summed E-state index contributed by atoms with van der Waals surface area (Å²) in [6, 6.07) is 4.00. The van der Waals surface area contributed by atoms with Crippen molar-refractivity contribution in [1.29, 1.82) is 0 Å². The maximum atomic E-state index is 5.67. The van der Waals surface area contributed by atoms with Gasteiger partial charge in [-0.2, -0.15) is 0 Å². The number of rotatable bonds is 8. The van der Waals surface area contributed by atoms with Gasteiger partial charge in [-0.05, 0) is 32.0 Å². The van der Waals surface area contributed by atoms with Gasteiger partial charge < -0.3 is 14.5 Å². The van der Waals surface area contributed by atoms with Gasteiger partial charge >= 0.3 is 0 Å². The number of hydrogen-bond donors (Lipinski definition) is 1. The lowest BCUT2D eigenvalue weighted by Crippen LogP contribution is -2.10. The van der Waals surface area contributed by atoms with Crippen molar-refractivity contribution in [3.63, 3.8) is 0 Å². The van der Waals surface area contributed by atoms with Gasteiger partial charge in [0.1, 0.15) is 18.1 Å². The molecule has 92 valence electrons. The number of ether oxygens (including phenoxy) is 1. The lowest BCUT2D eigenvalue weighted by Gasteiger charge is -2.10. The second-order valence-corrected chi connectivity index (χ2v) is 4.06. The second-order valence-electron chi connectivity index (χ2n) is 4.06. The average Bonchev–Trinajstić information content (AvgIpc) is 2.72. The smallest absolute Gasteiger partial charge is 0.129 e. The van der Waals surface area contributed by atoms with Crippen LogP contribution in [0.2, 0.25) is 0 Å². The largest absolute Gasteiger partial charge is 0.462 e. The van der Waals surface area contributed by atoms with Gasteiger partial charge in [0.2, 0.25) is 0 Å². The molecular weight excluding hydrogens is 202 g/mol. The lowest BCUT2D eigenvalue weighted by atomic mass is 10.2. The first-order valence-corrected chi connectivity index (χ1v) is 6.16. The van der Waals surface area contributed by atoms with Gasteiger partial charge in [-0.15, -0.1) is 0 Å². The van der Waals surface area contributed by atoms with E-state index in [1.807, 2.05) is 12.1 Å². The summed E-state index contributed by atoms with van der Waals surface area (Å²) in [7, 11) is 0. The third-order valence-electron chi connectivity index (χ3n) is 2.47. The Bertz CT molecular complexity index is 283. The molecule has 0 fully saturated rings. The summed E-state index contributed by atoms with van der Waals surface area (Å²) < 4.78 is 11.3. The van der Waals surface area contributed by atoms with Crippen LogP contribution >= 0.6 is 0 Å². The molecule has 1 N–H and O–H groups in total. The summed E-state index contributed by atoms with van der Waals surface area (Å²) in [6.07, 6.45) is 2.57. The molecule has 0 bridgehead atoms. The first-order chi connectivity index (χ1) is 7.76. The van der Waals surface area contributed by atoms with Crippen LogP contribution in [0.3, 0.4) is 0 Å². The highest BCUT2D eigenvalue weighted by Gasteiger charge is 2.05. The third-order valence-corrected chi connectivity index (χ3v) is 2.47. The molecule has 0 saturated carbocycles. The van der Waals surface area contributed by atoms with Crippen molar-refractivity contribution in [1.82, 2.24) is 5.32 Å². The molecule has 0 aliphatic carbocycles. The number of furan rings is 1. The quantitative estimate of drug-likeness (QED) is 0.738. The van der Waals surface area contributed by atoms with E-state index in [1.54, 1.807) is 0 Å². The molecule has 0 amide bonds. The van der Waals surface area contributed by atoms with Crippen LogP contribution in [0.1, 0.15) is 45.1 Å². The standard InChI is InChI=1S/C13H23NO2/c1-4-6-11(3)15-10-13-8-7-12(16-13)9-14-5-2/h7-8,11,14H,4-6,9-10H2,1-3H3. The summed E-state index contributed by atoms with van der Waals surface area (Å²) in [5.74, 6) is 1.89. The molecular formula is C13H23NO2. The van der Waals surface area contributed by atoms with Crippen LogP contribution in [-0.4, -0.2) is 12.6 Å². The molecule has 1 unspecified atom stereocenters. The van der Waals surface area contributed by atoms with Crippen molar-refractivity contribution in [2.24, 2.45) is 0 Å². The topological polar surface area (TPSA) is 34.4 Å². The van der Waals surface area contributed by atoms with E-state index in [4.69, 9.17) is 9.15 Å². The van der Waals surface area contributed by atoms with Crippen LogP contribution < -0.4 is 5.32 Å². The Labute approximate surface area is 98.2 Å². The third kappa shape index (κ3) is 4.81. The minimum atomic E-state index is 0.312. The fourth-order valence-corrected chi connectivity index (χ4v) is 1.56. The molecule has 0 saturated heterocycles. The van der Waals surface area contributed by atoms with Gasteiger partial charge in [-0.3, -0.25) is 0 Å². The van der Waals surface area contributed by atoms with Crippen molar-refractivity contribution in [2.75, 3.05) is 6.54 Å². The molecule has 3 nitrogen and oxygen atoms in total. The highest BCUT2D eigenvalue weighted by Crippen LogP contribution is 2.11. The predicted molar refractivity (Wildman–Crippen MR) is 65.2 cm³/mol. The summed E-state index contributed by atoms with van der Waals surface area (Å²) in [4.78, 5) is 0. The average molecular weight is 225 g/mol. The summed E-state index contributed by atoms with van der Waals surface area (Å²) in [5.41, 5.74) is 0. The Kier molecular flexibility index (Phi) is 6.19. The fourth-order valence-electron chi connectivity index (χ4n) is 1.56. The monoisotopic (exact) mass is 225 g/mol. The molecule has 0 aliphatic rings. The molecule has 0 spiro atoms. The van der Waals surface area contributed by atoms with E-state index in [0.29, 0.717) is 12.7 Å². The van der Waals surface area contributed by atoms with Crippen molar-refractivity contribution < 1.29 is 9.15 Å². The van der Waals surface area contributed by atoms with Crippen LogP contribution in [0, 0.1) is 0 Å². The molecule has 0 aromatic carbocycles. The Morgan fingerprint density at radius 2 is 2.06 bits per heavy atom. The van der Waals surface area contributed by atoms with E-state index in [2.05, 4.69) is 26.1 Å². The van der Waals surface area contributed by atoms with Crippen LogP contribution in [0.5, 0.6) is 0 Å². The van der Waals surface area contributed by atoms with Gasteiger partial charge in [-0.1, -0.05) is 20.3 Å². The van der Waals surface area contributed by atoms with E-state index in [9.17, 15) is 0 Å². The van der Waals surface area contributed by atoms with Crippen molar-refractivity contribution in [3.05, 3.63) is 23.7 Å². The molecule has 0 radical (unpaired) electrons. The predicted octanol–water partition coefficient (Wildman–Crippen LogP) is 3.09. The van der Waals surface area contributed by atoms with Crippen LogP contribution in [0.15, 0.2) is 16.5 Å². The fraction of sp³-hybridized carbons (Fsp3) is 0.692. The van der Waals surface area contributed by atoms with Gasteiger partial charge in [-0.25, -0.2) is 0 Å². The van der Waals surface area contributed by atoms with E-state index in [1.165, 1.54) is 0 Å². The minimum Gasteiger partial charge on any atom is -0.462 e. The summed E-state index contributed by atoms with van der Waals surface area (Å²) in [6.45, 7) is 8.68. The van der Waals surface area contributed by atoms with Gasteiger partial charge in [0.15, 0.2) is 0 Å². The Morgan fingerprint density at radius 1 is 1.31 bits per heavy atom. The molecule has 1 aromatic rings. The molecule has 1 heterocycles. The molecule has 1 aromatic heterocycles. The molecule has 0 aliphatic heterocycles. The highest BCUT2D eigenvalue weighted by atomic mass is 16.5. The summed E-state index contributed by atoms with van der Waals surface area (Å²) >= 11 is 0. The first-order valence-electron chi connectivity index (χ1n) is 6.16. The zero-order valence-electron chi connectivity index (χ0n) is 10.6. The molecule has 3 heteroatoms. The van der Waals surface area contributed by atoms with Gasteiger partial charge in [0, 0.05) is 0 Å². The Balaban J connectivity index is 2.28. The normalized spacial score (nSPS) is 12.9. The number of nitrogens with one attached hydrogen (secondary N) is 1. The second kappa shape index (κ2) is 7.47. The lowest BCUT2D eigenvalue weighted by molar-refractivity contribution is 0.0367. The van der Waals surface area contributed by atoms with Crippen LogP contribution in [-0.2, 0) is 17.9 Å². The van der Waals surface area contributed by atoms with E-state index in [-0.39, 0.29) is 0 Å². The van der Waals surface area contributed by atoms with Gasteiger partial charge in [0.25, 0.3) is 0 Å². The zero-order valence-corrected chi connectivity index (χ0v) is 10.6. The Hall–Kier alpha value is -0.800. The molecule has 1 atom stereocenters. The maximum absolute atomic E-state index is 5.67. The summed E-state index contributed by atoms with van der Waals surface area (Å²) in [5, 5.41) is 3.23. The van der Waals surface area contributed by atoms with Crippen molar-refractivity contribution in [2.45, 2.75) is 52.9 Å². The van der Waals surface area contributed by atoms with Crippen LogP contribution in [0.4, 0.5) is 0 Å². The zero-order chi connectivity index (χ0) is 11.8. The Morgan fingerprint density at radius 3 is 2.75 bits per heavy atom. The SMILES string of the molecule is CCCC(C)OCc1ccc(CNCC)o1. The van der Waals surface area contributed by atoms with Crippen LogP contribution in [0.25, 0.3) is 0 Å². The van der Waals surface area contributed by atoms with Gasteiger partial charge in [0.05, 0.1) is 12.6 Å². The molecule has 16 heavy (non-hydrogen) atoms. The minimum absolute atomic E-state index is 0.312. The first kappa shape index (κ1) is 13.3. The van der Waals surface area contributed by atoms with E-state index >= 15 is 0 Å². The van der Waals surface area contributed by atoms with Crippen molar-refractivity contribution >= 4 is 0 Å². The number of hydrogen-bond acceptors (Lipinski definition) is 3. The highest BCUT2D eigenvalue weighted by molar-refractivity contribution is 5.06. The van der Waals surface area contributed by atoms with E-state index in [0.717, 1.165) is 37.5 Å². The van der Waals surface area contributed by atoms with E-state index < -0.39 is 0 Å². The van der Waals surface area contributed by atoms with Crippen molar-refractivity contribution in [3.8, 4) is 0 Å². The maximum Gasteiger partial charge on any atom is 0.129 e. The molecule has 1 rings (SSSR count).